The summed E-state index contributed by atoms with van der Waals surface area (Å²) < 4.78 is 5.61. The van der Waals surface area contributed by atoms with E-state index in [-0.39, 0.29) is 11.9 Å². The largest absolute Gasteiger partial charge is 0.492 e. The zero-order chi connectivity index (χ0) is 18.1. The number of ether oxygens (including phenoxy) is 1. The van der Waals surface area contributed by atoms with Crippen molar-refractivity contribution < 1.29 is 19.7 Å². The van der Waals surface area contributed by atoms with Crippen molar-refractivity contribution in [2.24, 2.45) is 0 Å². The second kappa shape index (κ2) is 9.81. The van der Waals surface area contributed by atoms with Crippen molar-refractivity contribution >= 4 is 11.6 Å². The summed E-state index contributed by atoms with van der Waals surface area (Å²) in [7, 11) is 4.23. The van der Waals surface area contributed by atoms with Crippen molar-refractivity contribution in [3.8, 4) is 5.75 Å². The van der Waals surface area contributed by atoms with E-state index in [1.807, 2.05) is 61.5 Å². The van der Waals surface area contributed by atoms with Gasteiger partial charge in [0, 0.05) is 5.56 Å². The molecule has 5 heteroatoms. The lowest BCUT2D eigenvalue weighted by Crippen LogP contribution is -3.09. The van der Waals surface area contributed by atoms with Crippen LogP contribution in [0.5, 0.6) is 5.75 Å². The number of carbonyl (C=O) groups is 1. The summed E-state index contributed by atoms with van der Waals surface area (Å²) in [6.07, 6.45) is 0. The van der Waals surface area contributed by atoms with E-state index in [4.69, 9.17) is 4.74 Å². The molecule has 0 spiro atoms. The van der Waals surface area contributed by atoms with E-state index < -0.39 is 0 Å². The highest BCUT2D eigenvalue weighted by molar-refractivity contribution is 5.95. The first-order valence-corrected chi connectivity index (χ1v) is 8.81. The van der Waals surface area contributed by atoms with E-state index in [2.05, 4.69) is 24.7 Å². The number of likely N-dealkylation sites (N-methyl/N-ethyl adjacent to an activating group) is 1. The van der Waals surface area contributed by atoms with Crippen LogP contribution < -0.4 is 20.3 Å². The van der Waals surface area contributed by atoms with Gasteiger partial charge in [0.1, 0.15) is 18.8 Å². The molecule has 0 saturated heterocycles. The first kappa shape index (κ1) is 19.0. The maximum absolute atomic E-state index is 12.9. The second-order valence-electron chi connectivity index (χ2n) is 6.29. The number of hydrogen-bond acceptors (Lipinski definition) is 2. The number of nitrogens with two attached hydrogens (primary N) is 1. The van der Waals surface area contributed by atoms with Crippen LogP contribution >= 0.6 is 0 Å². The molecule has 2 aromatic carbocycles. The van der Waals surface area contributed by atoms with Crippen LogP contribution in [-0.4, -0.2) is 39.7 Å². The Labute approximate surface area is 150 Å². The predicted molar refractivity (Wildman–Crippen MR) is 99.9 cm³/mol. The maximum Gasteiger partial charge on any atom is 0.287 e. The topological polar surface area (TPSA) is 59.4 Å². The van der Waals surface area contributed by atoms with Crippen molar-refractivity contribution in [1.29, 1.82) is 0 Å². The highest BCUT2D eigenvalue weighted by Gasteiger charge is 2.25. The molecule has 1 atom stereocenters. The molecule has 0 saturated carbocycles. The van der Waals surface area contributed by atoms with Gasteiger partial charge in [-0.3, -0.25) is 4.79 Å². The Balaban J connectivity index is 2.15. The van der Waals surface area contributed by atoms with E-state index in [1.54, 1.807) is 0 Å². The van der Waals surface area contributed by atoms with Crippen LogP contribution in [0, 0.1) is 0 Å². The average molecular weight is 343 g/mol. The molecule has 0 fully saturated rings. The number of rotatable bonds is 9. The Hall–Kier alpha value is -2.37. The highest BCUT2D eigenvalue weighted by atomic mass is 16.5. The standard InChI is InChI=1S/C20H27N3O2/c1-4-25-18-13-9-8-12-17(18)22-20(24)19(21-14-15-23(2)3)16-10-6-5-7-11-16/h5-13,19,21H,4,14-15H2,1-3H3,(H,22,24)/p+2/t19-/m0/s1. The van der Waals surface area contributed by atoms with Crippen molar-refractivity contribution in [3.63, 3.8) is 0 Å². The normalized spacial score (nSPS) is 12.0. The van der Waals surface area contributed by atoms with Gasteiger partial charge in [-0.15, -0.1) is 0 Å². The van der Waals surface area contributed by atoms with Gasteiger partial charge in [0.05, 0.1) is 26.4 Å². The summed E-state index contributed by atoms with van der Waals surface area (Å²) in [5.74, 6) is 0.662. The fraction of sp³-hybridized carbons (Fsp3) is 0.350. The van der Waals surface area contributed by atoms with Gasteiger partial charge >= 0.3 is 0 Å². The number of benzene rings is 2. The zero-order valence-electron chi connectivity index (χ0n) is 15.3. The lowest BCUT2D eigenvalue weighted by atomic mass is 10.1. The van der Waals surface area contributed by atoms with Crippen LogP contribution in [0.2, 0.25) is 0 Å². The highest BCUT2D eigenvalue weighted by Crippen LogP contribution is 2.24. The third-order valence-electron chi connectivity index (χ3n) is 3.93. The summed E-state index contributed by atoms with van der Waals surface area (Å²) in [5, 5.41) is 5.13. The molecule has 0 bridgehead atoms. The minimum atomic E-state index is -0.282. The smallest absolute Gasteiger partial charge is 0.287 e. The van der Waals surface area contributed by atoms with Gasteiger partial charge in [-0.1, -0.05) is 42.5 Å². The third-order valence-corrected chi connectivity index (χ3v) is 3.93. The van der Waals surface area contributed by atoms with Gasteiger partial charge in [-0.25, -0.2) is 0 Å². The van der Waals surface area contributed by atoms with Crippen molar-refractivity contribution in [3.05, 3.63) is 60.2 Å². The first-order valence-electron chi connectivity index (χ1n) is 8.81. The monoisotopic (exact) mass is 343 g/mol. The Kier molecular flexibility index (Phi) is 7.44. The second-order valence-corrected chi connectivity index (χ2v) is 6.29. The molecular formula is C20H29N3O2+2. The molecule has 0 aliphatic carbocycles. The fourth-order valence-corrected chi connectivity index (χ4v) is 2.66. The van der Waals surface area contributed by atoms with E-state index in [0.29, 0.717) is 18.0 Å². The van der Waals surface area contributed by atoms with Crippen LogP contribution in [0.4, 0.5) is 5.69 Å². The predicted octanol–water partition coefficient (Wildman–Crippen LogP) is 0.473. The van der Waals surface area contributed by atoms with Crippen molar-refractivity contribution in [1.82, 2.24) is 0 Å². The molecule has 134 valence electrons. The van der Waals surface area contributed by atoms with E-state index in [9.17, 15) is 4.79 Å². The third kappa shape index (κ3) is 5.89. The summed E-state index contributed by atoms with van der Waals surface area (Å²) in [5.41, 5.74) is 1.71. The first-order chi connectivity index (χ1) is 12.1. The molecule has 0 unspecified atom stereocenters. The summed E-state index contributed by atoms with van der Waals surface area (Å²) in [4.78, 5) is 14.3. The van der Waals surface area contributed by atoms with Gasteiger partial charge in [-0.05, 0) is 19.1 Å². The maximum atomic E-state index is 12.9. The lowest BCUT2D eigenvalue weighted by Gasteiger charge is -2.18. The number of nitrogens with one attached hydrogen (secondary N) is 2. The number of quaternary nitrogens is 2. The number of para-hydroxylation sites is 2. The average Bonchev–Trinajstić information content (AvgIpc) is 2.61. The Morgan fingerprint density at radius 3 is 2.48 bits per heavy atom. The van der Waals surface area contributed by atoms with Gasteiger partial charge in [-0.2, -0.15) is 0 Å². The number of hydrogen-bond donors (Lipinski definition) is 3. The Morgan fingerprint density at radius 2 is 1.80 bits per heavy atom. The Morgan fingerprint density at radius 1 is 1.12 bits per heavy atom. The number of anilines is 1. The number of carbonyl (C=O) groups excluding carboxylic acids is 1. The van der Waals surface area contributed by atoms with Crippen molar-refractivity contribution in [2.75, 3.05) is 39.1 Å². The molecule has 0 heterocycles. The molecule has 0 aliphatic rings. The minimum absolute atomic E-state index is 0.0351. The molecule has 5 nitrogen and oxygen atoms in total. The van der Waals surface area contributed by atoms with Gasteiger partial charge < -0.3 is 20.3 Å². The van der Waals surface area contributed by atoms with Crippen LogP contribution in [-0.2, 0) is 4.79 Å². The van der Waals surface area contributed by atoms with E-state index in [0.717, 1.165) is 18.7 Å². The fourth-order valence-electron chi connectivity index (χ4n) is 2.66. The Bertz CT molecular complexity index is 659. The molecule has 4 N–H and O–H groups in total. The van der Waals surface area contributed by atoms with Crippen LogP contribution in [0.15, 0.2) is 54.6 Å². The minimum Gasteiger partial charge on any atom is -0.492 e. The van der Waals surface area contributed by atoms with Crippen LogP contribution in [0.25, 0.3) is 0 Å². The number of amides is 1. The summed E-state index contributed by atoms with van der Waals surface area (Å²) in [6, 6.07) is 17.2. The van der Waals surface area contributed by atoms with Crippen LogP contribution in [0.3, 0.4) is 0 Å². The van der Waals surface area contributed by atoms with Crippen LogP contribution in [0.1, 0.15) is 18.5 Å². The summed E-state index contributed by atoms with van der Waals surface area (Å²) >= 11 is 0. The van der Waals surface area contributed by atoms with Gasteiger partial charge in [0.25, 0.3) is 5.91 Å². The zero-order valence-corrected chi connectivity index (χ0v) is 15.3. The quantitative estimate of drug-likeness (QED) is 0.620. The van der Waals surface area contributed by atoms with Gasteiger partial charge in [0.15, 0.2) is 6.04 Å². The molecule has 25 heavy (non-hydrogen) atoms. The molecular weight excluding hydrogens is 314 g/mol. The molecule has 1 amide bonds. The molecule has 0 aromatic heterocycles. The van der Waals surface area contributed by atoms with E-state index >= 15 is 0 Å². The lowest BCUT2D eigenvalue weighted by molar-refractivity contribution is -0.876. The van der Waals surface area contributed by atoms with Crippen molar-refractivity contribution in [2.45, 2.75) is 13.0 Å². The molecule has 0 radical (unpaired) electrons. The molecule has 2 aromatic rings. The summed E-state index contributed by atoms with van der Waals surface area (Å²) in [6.45, 7) is 4.37. The van der Waals surface area contributed by atoms with E-state index in [1.165, 1.54) is 4.90 Å². The molecule has 0 aliphatic heterocycles. The SMILES string of the molecule is CCOc1ccccc1NC(=O)[C@@H]([NH2+]CC[NH+](C)C)c1ccccc1. The van der Waals surface area contributed by atoms with Gasteiger partial charge in [0.2, 0.25) is 0 Å². The molecule has 2 rings (SSSR count).